The summed E-state index contributed by atoms with van der Waals surface area (Å²) < 4.78 is 52.9. The molecule has 0 spiro atoms. The standard InChI is InChI=1S/C19H16F4N2O3/c1-25-9-13(10-3-2-4-11(7-10)19(21,22)23)16(18(25)28)17(27)24-15-8-12(26)5-6-14(15)20/h2-8,13,16,26H,9H2,1H3,(H,24,27)/t13-,16+/m1/s1. The van der Waals surface area contributed by atoms with Crippen molar-refractivity contribution >= 4 is 17.5 Å². The third kappa shape index (κ3) is 3.78. The Balaban J connectivity index is 1.93. The Bertz CT molecular complexity index is 930. The van der Waals surface area contributed by atoms with Crippen LogP contribution < -0.4 is 5.32 Å². The van der Waals surface area contributed by atoms with Gasteiger partial charge in [0, 0.05) is 25.6 Å². The van der Waals surface area contributed by atoms with Gasteiger partial charge in [-0.05, 0) is 23.8 Å². The maximum Gasteiger partial charge on any atom is 0.416 e. The van der Waals surface area contributed by atoms with Gasteiger partial charge in [-0.25, -0.2) is 4.39 Å². The fourth-order valence-corrected chi connectivity index (χ4v) is 3.26. The molecule has 0 unspecified atom stereocenters. The van der Waals surface area contributed by atoms with Crippen LogP contribution >= 0.6 is 0 Å². The summed E-state index contributed by atoms with van der Waals surface area (Å²) in [6.07, 6.45) is -4.56. The van der Waals surface area contributed by atoms with E-state index in [4.69, 9.17) is 0 Å². The van der Waals surface area contributed by atoms with E-state index in [2.05, 4.69) is 5.32 Å². The van der Waals surface area contributed by atoms with Crippen LogP contribution in [0.5, 0.6) is 5.75 Å². The molecule has 0 saturated carbocycles. The summed E-state index contributed by atoms with van der Waals surface area (Å²) in [5.41, 5.74) is -1.02. The van der Waals surface area contributed by atoms with Crippen molar-refractivity contribution in [1.29, 1.82) is 0 Å². The molecule has 1 saturated heterocycles. The molecule has 0 bridgehead atoms. The molecule has 1 aliphatic rings. The molecule has 28 heavy (non-hydrogen) atoms. The van der Waals surface area contributed by atoms with Crippen molar-refractivity contribution < 1.29 is 32.3 Å². The second kappa shape index (κ2) is 7.14. The predicted molar refractivity (Wildman–Crippen MR) is 92.0 cm³/mol. The minimum absolute atomic E-state index is 0.0424. The molecule has 2 atom stereocenters. The fourth-order valence-electron chi connectivity index (χ4n) is 3.26. The van der Waals surface area contributed by atoms with Gasteiger partial charge in [0.2, 0.25) is 11.8 Å². The van der Waals surface area contributed by atoms with E-state index in [1.54, 1.807) is 0 Å². The molecule has 2 amide bonds. The lowest BCUT2D eigenvalue weighted by atomic mass is 9.87. The van der Waals surface area contributed by atoms with E-state index in [0.717, 1.165) is 30.3 Å². The average Bonchev–Trinajstić information content (AvgIpc) is 2.93. The summed E-state index contributed by atoms with van der Waals surface area (Å²) in [6.45, 7) is 0.0424. The van der Waals surface area contributed by atoms with E-state index < -0.39 is 41.2 Å². The van der Waals surface area contributed by atoms with Crippen LogP contribution in [-0.4, -0.2) is 35.4 Å². The van der Waals surface area contributed by atoms with E-state index in [1.807, 2.05) is 0 Å². The maximum atomic E-state index is 13.8. The lowest BCUT2D eigenvalue weighted by Gasteiger charge is -2.18. The number of rotatable bonds is 3. The molecule has 2 aromatic carbocycles. The molecule has 2 aromatic rings. The Morgan fingerprint density at radius 3 is 2.61 bits per heavy atom. The largest absolute Gasteiger partial charge is 0.508 e. The number of likely N-dealkylation sites (tertiary alicyclic amines) is 1. The van der Waals surface area contributed by atoms with Gasteiger partial charge in [0.15, 0.2) is 0 Å². The Morgan fingerprint density at radius 1 is 1.21 bits per heavy atom. The SMILES string of the molecule is CN1C[C@H](c2cccc(C(F)(F)F)c2)[C@@H](C(=O)Nc2cc(O)ccc2F)C1=O. The number of hydrogen-bond acceptors (Lipinski definition) is 3. The van der Waals surface area contributed by atoms with Crippen LogP contribution in [0.3, 0.4) is 0 Å². The molecule has 148 valence electrons. The number of carbonyl (C=O) groups is 2. The van der Waals surface area contributed by atoms with Crippen LogP contribution in [-0.2, 0) is 15.8 Å². The number of likely N-dealkylation sites (N-methyl/N-ethyl adjacent to an activating group) is 1. The van der Waals surface area contributed by atoms with Crippen LogP contribution in [0.15, 0.2) is 42.5 Å². The maximum absolute atomic E-state index is 13.8. The van der Waals surface area contributed by atoms with Crippen molar-refractivity contribution in [3.8, 4) is 5.75 Å². The van der Waals surface area contributed by atoms with Crippen LogP contribution in [0.2, 0.25) is 0 Å². The van der Waals surface area contributed by atoms with Crippen molar-refractivity contribution in [2.75, 3.05) is 18.9 Å². The Hall–Kier alpha value is -3.10. The summed E-state index contributed by atoms with van der Waals surface area (Å²) in [7, 11) is 1.44. The number of phenolic OH excluding ortho intramolecular Hbond substituents is 1. The van der Waals surface area contributed by atoms with Gasteiger partial charge in [-0.3, -0.25) is 9.59 Å². The van der Waals surface area contributed by atoms with Gasteiger partial charge in [-0.15, -0.1) is 0 Å². The van der Waals surface area contributed by atoms with Crippen molar-refractivity contribution in [3.63, 3.8) is 0 Å². The van der Waals surface area contributed by atoms with Crippen LogP contribution in [0, 0.1) is 11.7 Å². The quantitative estimate of drug-likeness (QED) is 0.618. The van der Waals surface area contributed by atoms with E-state index in [-0.39, 0.29) is 23.5 Å². The molecule has 3 rings (SSSR count). The smallest absolute Gasteiger partial charge is 0.416 e. The number of alkyl halides is 3. The summed E-state index contributed by atoms with van der Waals surface area (Å²) >= 11 is 0. The van der Waals surface area contributed by atoms with Crippen LogP contribution in [0.1, 0.15) is 17.0 Å². The van der Waals surface area contributed by atoms with Gasteiger partial charge in [0.1, 0.15) is 17.5 Å². The van der Waals surface area contributed by atoms with E-state index >= 15 is 0 Å². The molecule has 5 nitrogen and oxygen atoms in total. The first-order valence-corrected chi connectivity index (χ1v) is 8.29. The molecule has 1 aliphatic heterocycles. The number of aromatic hydroxyl groups is 1. The Labute approximate surface area is 157 Å². The normalized spacial score (nSPS) is 19.8. The van der Waals surface area contributed by atoms with Gasteiger partial charge in [0.25, 0.3) is 0 Å². The van der Waals surface area contributed by atoms with Crippen LogP contribution in [0.25, 0.3) is 0 Å². The first-order chi connectivity index (χ1) is 13.1. The Morgan fingerprint density at radius 2 is 1.93 bits per heavy atom. The lowest BCUT2D eigenvalue weighted by Crippen LogP contribution is -2.33. The zero-order chi connectivity index (χ0) is 20.6. The van der Waals surface area contributed by atoms with Crippen molar-refractivity contribution in [2.45, 2.75) is 12.1 Å². The van der Waals surface area contributed by atoms with Gasteiger partial charge in [-0.1, -0.05) is 18.2 Å². The molecule has 0 aliphatic carbocycles. The number of amides is 2. The van der Waals surface area contributed by atoms with Crippen molar-refractivity contribution in [1.82, 2.24) is 4.90 Å². The number of benzene rings is 2. The zero-order valence-corrected chi connectivity index (χ0v) is 14.6. The second-order valence-electron chi connectivity index (χ2n) is 6.58. The third-order valence-electron chi connectivity index (χ3n) is 4.65. The summed E-state index contributed by atoms with van der Waals surface area (Å²) in [5.74, 6) is -4.71. The van der Waals surface area contributed by atoms with Gasteiger partial charge in [0.05, 0.1) is 11.3 Å². The number of hydrogen-bond donors (Lipinski definition) is 2. The minimum Gasteiger partial charge on any atom is -0.508 e. The molecular weight excluding hydrogens is 380 g/mol. The molecule has 1 heterocycles. The van der Waals surface area contributed by atoms with Gasteiger partial charge in [-0.2, -0.15) is 13.2 Å². The lowest BCUT2D eigenvalue weighted by molar-refractivity contribution is -0.137. The number of phenols is 1. The van der Waals surface area contributed by atoms with Crippen molar-refractivity contribution in [3.05, 3.63) is 59.4 Å². The molecule has 0 radical (unpaired) electrons. The number of carbonyl (C=O) groups excluding carboxylic acids is 2. The number of anilines is 1. The predicted octanol–water partition coefficient (Wildman–Crippen LogP) is 3.36. The highest BCUT2D eigenvalue weighted by Crippen LogP contribution is 2.37. The summed E-state index contributed by atoms with van der Waals surface area (Å²) in [4.78, 5) is 26.4. The minimum atomic E-state index is -4.56. The fraction of sp³-hybridized carbons (Fsp3) is 0.263. The van der Waals surface area contributed by atoms with E-state index in [0.29, 0.717) is 0 Å². The number of nitrogens with zero attached hydrogens (tertiary/aromatic N) is 1. The number of halogens is 4. The third-order valence-corrected chi connectivity index (χ3v) is 4.65. The molecule has 9 heteroatoms. The van der Waals surface area contributed by atoms with E-state index in [1.165, 1.54) is 24.1 Å². The van der Waals surface area contributed by atoms with Crippen LogP contribution in [0.4, 0.5) is 23.2 Å². The topological polar surface area (TPSA) is 69.6 Å². The van der Waals surface area contributed by atoms with E-state index in [9.17, 15) is 32.3 Å². The second-order valence-corrected chi connectivity index (χ2v) is 6.58. The first-order valence-electron chi connectivity index (χ1n) is 8.29. The monoisotopic (exact) mass is 396 g/mol. The highest BCUT2D eigenvalue weighted by molar-refractivity contribution is 6.08. The summed E-state index contributed by atoms with van der Waals surface area (Å²) in [6, 6.07) is 7.46. The molecule has 1 fully saturated rings. The Kier molecular flexibility index (Phi) is 5.01. The number of nitrogens with one attached hydrogen (secondary N) is 1. The van der Waals surface area contributed by atoms with Gasteiger partial charge < -0.3 is 15.3 Å². The highest BCUT2D eigenvalue weighted by atomic mass is 19.4. The molecule has 2 N–H and O–H groups in total. The average molecular weight is 396 g/mol. The molecular formula is C19H16F4N2O3. The summed E-state index contributed by atoms with van der Waals surface area (Å²) in [5, 5.41) is 11.7. The zero-order valence-electron chi connectivity index (χ0n) is 14.6. The molecule has 0 aromatic heterocycles. The van der Waals surface area contributed by atoms with Gasteiger partial charge >= 0.3 is 6.18 Å². The highest BCUT2D eigenvalue weighted by Gasteiger charge is 2.45. The first kappa shape index (κ1) is 19.7. The van der Waals surface area contributed by atoms with Crippen molar-refractivity contribution in [2.24, 2.45) is 5.92 Å².